The van der Waals surface area contributed by atoms with Crippen molar-refractivity contribution < 1.29 is 4.79 Å². The topological polar surface area (TPSA) is 96.2 Å². The lowest BCUT2D eigenvalue weighted by atomic mass is 10.4. The van der Waals surface area contributed by atoms with Crippen LogP contribution in [0.25, 0.3) is 0 Å². The summed E-state index contributed by atoms with van der Waals surface area (Å²) in [6.07, 6.45) is 3.05. The number of aromatic nitrogens is 2. The normalized spacial score (nSPS) is 9.67. The number of rotatable bonds is 5. The van der Waals surface area contributed by atoms with Gasteiger partial charge < -0.3 is 21.3 Å². The predicted octanol–water partition coefficient (Wildman–Crippen LogP) is -0.206. The summed E-state index contributed by atoms with van der Waals surface area (Å²) in [5.74, 6) is 0.606. The molecule has 0 aliphatic rings. The Kier molecular flexibility index (Phi) is 5.25. The fraction of sp³-hybridized carbons (Fsp3) is 0.400. The summed E-state index contributed by atoms with van der Waals surface area (Å²) >= 11 is 4.77. The van der Waals surface area contributed by atoms with Crippen molar-refractivity contribution in [2.45, 2.75) is 0 Å². The zero-order valence-electron chi connectivity index (χ0n) is 10.3. The minimum Gasteiger partial charge on any atom is -0.388 e. The van der Waals surface area contributed by atoms with Crippen LogP contribution in [-0.2, 0) is 0 Å². The van der Waals surface area contributed by atoms with Crippen molar-refractivity contribution in [1.82, 2.24) is 20.2 Å². The quantitative estimate of drug-likeness (QED) is 0.505. The van der Waals surface area contributed by atoms with Gasteiger partial charge in [0.05, 0.1) is 12.4 Å². The fourth-order valence-corrected chi connectivity index (χ4v) is 1.17. The highest BCUT2D eigenvalue weighted by atomic mass is 32.1. The number of thiocarbonyl (C=S) groups is 1. The van der Waals surface area contributed by atoms with Crippen molar-refractivity contribution in [2.24, 2.45) is 5.73 Å². The first-order valence-electron chi connectivity index (χ1n) is 5.31. The van der Waals surface area contributed by atoms with Crippen LogP contribution < -0.4 is 16.4 Å². The molecule has 0 fully saturated rings. The molecule has 0 spiro atoms. The summed E-state index contributed by atoms with van der Waals surface area (Å²) in [7, 11) is 3.37. The van der Waals surface area contributed by atoms with Crippen LogP contribution in [0.5, 0.6) is 0 Å². The van der Waals surface area contributed by atoms with Crippen LogP contribution in [0.4, 0.5) is 10.6 Å². The molecule has 2 amide bonds. The molecule has 0 saturated heterocycles. The first-order valence-corrected chi connectivity index (χ1v) is 5.72. The molecule has 1 rings (SSSR count). The van der Waals surface area contributed by atoms with E-state index in [1.165, 1.54) is 11.1 Å². The van der Waals surface area contributed by atoms with Gasteiger partial charge in [0.2, 0.25) is 0 Å². The second-order valence-electron chi connectivity index (χ2n) is 3.70. The van der Waals surface area contributed by atoms with Crippen molar-refractivity contribution in [2.75, 3.05) is 32.5 Å². The molecule has 8 heteroatoms. The summed E-state index contributed by atoms with van der Waals surface area (Å²) in [6.45, 7) is 1.05. The highest BCUT2D eigenvalue weighted by molar-refractivity contribution is 7.80. The Labute approximate surface area is 111 Å². The average Bonchev–Trinajstić information content (AvgIpc) is 2.34. The smallest absolute Gasteiger partial charge is 0.316 e. The highest BCUT2D eigenvalue weighted by Gasteiger charge is 2.02. The minimum absolute atomic E-state index is 0.133. The molecule has 0 bridgehead atoms. The summed E-state index contributed by atoms with van der Waals surface area (Å²) in [4.78, 5) is 21.0. The summed E-state index contributed by atoms with van der Waals surface area (Å²) in [5.41, 5.74) is 5.89. The Morgan fingerprint density at radius 3 is 2.61 bits per heavy atom. The second-order valence-corrected chi connectivity index (χ2v) is 4.14. The van der Waals surface area contributed by atoms with Crippen LogP contribution in [0.1, 0.15) is 5.69 Å². The Balaban J connectivity index is 2.31. The largest absolute Gasteiger partial charge is 0.388 e. The molecule has 4 N–H and O–H groups in total. The molecule has 0 aliphatic carbocycles. The van der Waals surface area contributed by atoms with Gasteiger partial charge in [0.25, 0.3) is 0 Å². The van der Waals surface area contributed by atoms with Crippen molar-refractivity contribution in [1.29, 1.82) is 0 Å². The van der Waals surface area contributed by atoms with E-state index in [2.05, 4.69) is 20.6 Å². The Bertz CT molecular complexity index is 419. The van der Waals surface area contributed by atoms with Gasteiger partial charge in [0.15, 0.2) is 0 Å². The first-order chi connectivity index (χ1) is 8.50. The van der Waals surface area contributed by atoms with Gasteiger partial charge in [0, 0.05) is 27.2 Å². The molecule has 98 valence electrons. The molecule has 18 heavy (non-hydrogen) atoms. The van der Waals surface area contributed by atoms with Gasteiger partial charge in [-0.2, -0.15) is 0 Å². The van der Waals surface area contributed by atoms with Crippen molar-refractivity contribution >= 4 is 29.1 Å². The summed E-state index contributed by atoms with van der Waals surface area (Å²) in [5, 5.41) is 5.73. The van der Waals surface area contributed by atoms with E-state index in [0.29, 0.717) is 24.6 Å². The zero-order chi connectivity index (χ0) is 13.5. The standard InChI is InChI=1S/C10H16N6OS/c1-16(2)10(17)13-4-3-12-8-6-14-7(5-15-8)9(11)18/h5-6H,3-4H2,1-2H3,(H2,11,18)(H,12,15)(H,13,17). The van der Waals surface area contributed by atoms with Gasteiger partial charge in [-0.1, -0.05) is 12.2 Å². The maximum absolute atomic E-state index is 11.2. The Morgan fingerprint density at radius 2 is 2.11 bits per heavy atom. The van der Waals surface area contributed by atoms with Gasteiger partial charge in [-0.3, -0.25) is 0 Å². The Hall–Kier alpha value is -1.96. The van der Waals surface area contributed by atoms with Crippen LogP contribution >= 0.6 is 12.2 Å². The van der Waals surface area contributed by atoms with Gasteiger partial charge in [0.1, 0.15) is 16.5 Å². The number of nitrogens with one attached hydrogen (secondary N) is 2. The molecular weight excluding hydrogens is 252 g/mol. The maximum Gasteiger partial charge on any atom is 0.316 e. The highest BCUT2D eigenvalue weighted by Crippen LogP contribution is 1.99. The molecule has 0 saturated carbocycles. The number of carbonyl (C=O) groups is 1. The molecular formula is C10H16N6OS. The first kappa shape index (κ1) is 14.1. The van der Waals surface area contributed by atoms with Gasteiger partial charge in [-0.05, 0) is 0 Å². The lowest BCUT2D eigenvalue weighted by Crippen LogP contribution is -2.37. The maximum atomic E-state index is 11.2. The molecule has 0 radical (unpaired) electrons. The molecule has 0 atom stereocenters. The molecule has 0 aliphatic heterocycles. The number of nitrogens with two attached hydrogens (primary N) is 1. The molecule has 0 unspecified atom stereocenters. The van der Waals surface area contributed by atoms with Crippen LogP contribution in [0.3, 0.4) is 0 Å². The van der Waals surface area contributed by atoms with Crippen molar-refractivity contribution in [3.63, 3.8) is 0 Å². The zero-order valence-corrected chi connectivity index (χ0v) is 11.1. The number of carbonyl (C=O) groups excluding carboxylic acids is 1. The molecule has 1 aromatic heterocycles. The van der Waals surface area contributed by atoms with Gasteiger partial charge >= 0.3 is 6.03 Å². The van der Waals surface area contributed by atoms with Crippen LogP contribution in [0.2, 0.25) is 0 Å². The number of anilines is 1. The number of hydrogen-bond donors (Lipinski definition) is 3. The average molecular weight is 268 g/mol. The van der Waals surface area contributed by atoms with Crippen LogP contribution in [-0.4, -0.2) is 53.1 Å². The van der Waals surface area contributed by atoms with Gasteiger partial charge in [-0.15, -0.1) is 0 Å². The van der Waals surface area contributed by atoms with Crippen molar-refractivity contribution in [3.8, 4) is 0 Å². The number of nitrogens with zero attached hydrogens (tertiary/aromatic N) is 3. The third kappa shape index (κ3) is 4.50. The van der Waals surface area contributed by atoms with E-state index in [9.17, 15) is 4.79 Å². The third-order valence-corrected chi connectivity index (χ3v) is 2.23. The van der Waals surface area contributed by atoms with E-state index in [4.69, 9.17) is 18.0 Å². The van der Waals surface area contributed by atoms with E-state index in [1.54, 1.807) is 20.3 Å². The molecule has 1 aromatic rings. The molecule has 1 heterocycles. The monoisotopic (exact) mass is 268 g/mol. The molecule has 0 aromatic carbocycles. The predicted molar refractivity (Wildman–Crippen MR) is 73.5 cm³/mol. The van der Waals surface area contributed by atoms with E-state index < -0.39 is 0 Å². The third-order valence-electron chi connectivity index (χ3n) is 2.02. The second kappa shape index (κ2) is 6.70. The van der Waals surface area contributed by atoms with Crippen molar-refractivity contribution in [3.05, 3.63) is 18.1 Å². The van der Waals surface area contributed by atoms with E-state index in [0.717, 1.165) is 0 Å². The number of hydrogen-bond acceptors (Lipinski definition) is 5. The minimum atomic E-state index is -0.133. The Morgan fingerprint density at radius 1 is 1.39 bits per heavy atom. The number of urea groups is 1. The lowest BCUT2D eigenvalue weighted by molar-refractivity contribution is 0.218. The lowest BCUT2D eigenvalue weighted by Gasteiger charge is -2.12. The SMILES string of the molecule is CN(C)C(=O)NCCNc1cnc(C(N)=S)cn1. The van der Waals surface area contributed by atoms with Crippen LogP contribution in [0, 0.1) is 0 Å². The fourth-order valence-electron chi connectivity index (χ4n) is 1.06. The van der Waals surface area contributed by atoms with Crippen LogP contribution in [0.15, 0.2) is 12.4 Å². The van der Waals surface area contributed by atoms with Gasteiger partial charge in [-0.25, -0.2) is 14.8 Å². The summed E-state index contributed by atoms with van der Waals surface area (Å²) in [6, 6.07) is -0.133. The summed E-state index contributed by atoms with van der Waals surface area (Å²) < 4.78 is 0. The van der Waals surface area contributed by atoms with E-state index in [-0.39, 0.29) is 11.0 Å². The van der Waals surface area contributed by atoms with E-state index >= 15 is 0 Å². The molecule has 7 nitrogen and oxygen atoms in total. The number of amides is 2. The van der Waals surface area contributed by atoms with E-state index in [1.807, 2.05) is 0 Å².